The van der Waals surface area contributed by atoms with Gasteiger partial charge in [-0.2, -0.15) is 0 Å². The van der Waals surface area contributed by atoms with Crippen LogP contribution in [-0.4, -0.2) is 27.6 Å². The molecule has 11 heavy (non-hydrogen) atoms. The predicted octanol–water partition coefficient (Wildman–Crippen LogP) is 0.368. The summed E-state index contributed by atoms with van der Waals surface area (Å²) < 4.78 is 8.21. The number of hydrogen-bond acceptors (Lipinski definition) is 3. The van der Waals surface area contributed by atoms with E-state index < -0.39 is 4.52 Å². The maximum Gasteiger partial charge on any atom is 0.302 e. The first-order chi connectivity index (χ1) is 4.98. The molecule has 0 aromatic carbocycles. The molecule has 0 bridgehead atoms. The normalized spacial score (nSPS) is 11.5. The quantitative estimate of drug-likeness (QED) is 0.387. The van der Waals surface area contributed by atoms with Crippen LogP contribution in [0.5, 0.6) is 0 Å². The molecule has 0 aromatic rings. The second-order valence-electron chi connectivity index (χ2n) is 1.93. The first-order valence-corrected chi connectivity index (χ1v) is 4.61. The van der Waals surface area contributed by atoms with Crippen LogP contribution < -0.4 is 0 Å². The van der Waals surface area contributed by atoms with Crippen LogP contribution in [0, 0.1) is 0 Å². The molecule has 0 aliphatic heterocycles. The molecule has 0 unspecified atom stereocenters. The molecule has 0 saturated carbocycles. The van der Waals surface area contributed by atoms with Crippen LogP contribution in [0.1, 0.15) is 13.3 Å². The Labute approximate surface area is 78.5 Å². The molecule has 0 spiro atoms. The van der Waals surface area contributed by atoms with Crippen molar-refractivity contribution < 1.29 is 14.0 Å². The van der Waals surface area contributed by atoms with Crippen molar-refractivity contribution in [1.29, 1.82) is 0 Å². The van der Waals surface area contributed by atoms with Gasteiger partial charge in [0.05, 0.1) is 6.61 Å². The highest BCUT2D eigenvalue weighted by molar-refractivity contribution is 6.48. The van der Waals surface area contributed by atoms with E-state index in [1.807, 2.05) is 0 Å². The maximum absolute atomic E-state index is 10.3. The third kappa shape index (κ3) is 6.62. The molecule has 0 heterocycles. The van der Waals surface area contributed by atoms with Crippen molar-refractivity contribution in [1.82, 2.24) is 0 Å². The molecule has 0 fully saturated rings. The molecule has 3 nitrogen and oxygen atoms in total. The van der Waals surface area contributed by atoms with Crippen molar-refractivity contribution in [3.8, 4) is 0 Å². The molecule has 0 aromatic heterocycles. The zero-order valence-electron chi connectivity index (χ0n) is 6.39. The van der Waals surface area contributed by atoms with Gasteiger partial charge in [0.2, 0.25) is 4.52 Å². The fourth-order valence-electron chi connectivity index (χ4n) is 0.416. The number of halogens is 2. The van der Waals surface area contributed by atoms with E-state index in [4.69, 9.17) is 27.6 Å². The lowest BCUT2D eigenvalue weighted by Gasteiger charge is -2.17. The Morgan fingerprint density at radius 1 is 1.64 bits per heavy atom. The molecular formula is C5H10Cl2O3Si. The van der Waals surface area contributed by atoms with Gasteiger partial charge in [0.1, 0.15) is 10.5 Å². The Morgan fingerprint density at radius 2 is 2.18 bits per heavy atom. The van der Waals surface area contributed by atoms with Gasteiger partial charge in [0, 0.05) is 13.3 Å². The second kappa shape index (κ2) is 4.98. The minimum Gasteiger partial charge on any atom is -0.466 e. The van der Waals surface area contributed by atoms with E-state index in [0.717, 1.165) is 0 Å². The van der Waals surface area contributed by atoms with Crippen LogP contribution in [0.2, 0.25) is 0 Å². The van der Waals surface area contributed by atoms with E-state index in [2.05, 4.69) is 4.74 Å². The first-order valence-electron chi connectivity index (χ1n) is 3.04. The van der Waals surface area contributed by atoms with Crippen LogP contribution in [0.3, 0.4) is 0 Å². The van der Waals surface area contributed by atoms with Gasteiger partial charge >= 0.3 is 5.97 Å². The largest absolute Gasteiger partial charge is 0.466 e. The highest BCUT2D eigenvalue weighted by Crippen LogP contribution is 2.25. The number of hydrogen-bond donors (Lipinski definition) is 0. The molecule has 0 N–H and O–H groups in total. The molecule has 0 rings (SSSR count). The molecule has 0 amide bonds. The molecule has 0 saturated heterocycles. The average Bonchev–Trinajstić information content (AvgIpc) is 1.87. The zero-order chi connectivity index (χ0) is 8.91. The Bertz CT molecular complexity index is 140. The number of carbonyl (C=O) groups is 1. The van der Waals surface area contributed by atoms with E-state index in [1.54, 1.807) is 0 Å². The summed E-state index contributed by atoms with van der Waals surface area (Å²) in [5.74, 6) is -0.345. The van der Waals surface area contributed by atoms with Gasteiger partial charge < -0.3 is 9.16 Å². The summed E-state index contributed by atoms with van der Waals surface area (Å²) in [6.45, 7) is 1.51. The van der Waals surface area contributed by atoms with E-state index in [-0.39, 0.29) is 12.6 Å². The lowest BCUT2D eigenvalue weighted by molar-refractivity contribution is -0.141. The number of esters is 1. The van der Waals surface area contributed by atoms with Crippen molar-refractivity contribution in [3.05, 3.63) is 0 Å². The van der Waals surface area contributed by atoms with Gasteiger partial charge in [-0.25, -0.2) is 0 Å². The van der Waals surface area contributed by atoms with E-state index in [1.165, 1.54) is 6.92 Å². The highest BCUT2D eigenvalue weighted by Gasteiger charge is 2.21. The summed E-state index contributed by atoms with van der Waals surface area (Å²) in [7, 11) is 0.456. The SMILES string of the molecule is CC(=O)OCCC(Cl)(Cl)O[SiH3]. The van der Waals surface area contributed by atoms with Crippen molar-refractivity contribution in [2.75, 3.05) is 6.61 Å². The van der Waals surface area contributed by atoms with Crippen LogP contribution in [0.4, 0.5) is 0 Å². The lowest BCUT2D eigenvalue weighted by atomic mass is 10.5. The van der Waals surface area contributed by atoms with Crippen molar-refractivity contribution in [3.63, 3.8) is 0 Å². The fraction of sp³-hybridized carbons (Fsp3) is 0.800. The molecule has 0 atom stereocenters. The summed E-state index contributed by atoms with van der Waals surface area (Å²) in [6, 6.07) is 0. The maximum atomic E-state index is 10.3. The van der Waals surface area contributed by atoms with Gasteiger partial charge in [-0.1, -0.05) is 23.2 Å². The van der Waals surface area contributed by atoms with Crippen molar-refractivity contribution >= 4 is 39.7 Å². The summed E-state index contributed by atoms with van der Waals surface area (Å²) in [5, 5.41) is 0. The number of carbonyl (C=O) groups excluding carboxylic acids is 1. The number of alkyl halides is 2. The fourth-order valence-corrected chi connectivity index (χ4v) is 0.774. The van der Waals surface area contributed by atoms with Crippen LogP contribution in [-0.2, 0) is 14.0 Å². The highest BCUT2D eigenvalue weighted by atomic mass is 35.5. The Hall–Kier alpha value is 0.227. The number of ether oxygens (including phenoxy) is 1. The van der Waals surface area contributed by atoms with Gasteiger partial charge in [-0.3, -0.25) is 4.79 Å². The summed E-state index contributed by atoms with van der Waals surface area (Å²) in [5.41, 5.74) is 0. The number of rotatable bonds is 4. The van der Waals surface area contributed by atoms with Gasteiger partial charge in [0.15, 0.2) is 0 Å². The Morgan fingerprint density at radius 3 is 2.55 bits per heavy atom. The molecular weight excluding hydrogens is 207 g/mol. The summed E-state index contributed by atoms with van der Waals surface area (Å²) in [6.07, 6.45) is 0.291. The van der Waals surface area contributed by atoms with E-state index in [0.29, 0.717) is 16.9 Å². The molecule has 66 valence electrons. The Kier molecular flexibility index (Phi) is 5.08. The van der Waals surface area contributed by atoms with Gasteiger partial charge in [-0.15, -0.1) is 0 Å². The predicted molar refractivity (Wildman–Crippen MR) is 46.7 cm³/mol. The van der Waals surface area contributed by atoms with Gasteiger partial charge in [0.25, 0.3) is 0 Å². The lowest BCUT2D eigenvalue weighted by Crippen LogP contribution is -2.19. The minimum absolute atomic E-state index is 0.185. The zero-order valence-corrected chi connectivity index (χ0v) is 9.91. The standard InChI is InChI=1S/C5H10Cl2O3Si/c1-4(8)9-3-2-5(6,7)10-11/h2-3H2,1,11H3. The summed E-state index contributed by atoms with van der Waals surface area (Å²) in [4.78, 5) is 10.3. The smallest absolute Gasteiger partial charge is 0.302 e. The monoisotopic (exact) mass is 216 g/mol. The van der Waals surface area contributed by atoms with Crippen LogP contribution in [0.15, 0.2) is 0 Å². The summed E-state index contributed by atoms with van der Waals surface area (Å²) >= 11 is 11.2. The minimum atomic E-state index is -1.19. The van der Waals surface area contributed by atoms with Crippen molar-refractivity contribution in [2.24, 2.45) is 0 Å². The van der Waals surface area contributed by atoms with E-state index >= 15 is 0 Å². The van der Waals surface area contributed by atoms with Crippen molar-refractivity contribution in [2.45, 2.75) is 17.9 Å². The second-order valence-corrected chi connectivity index (χ2v) is 3.75. The third-order valence-electron chi connectivity index (χ3n) is 0.997. The first kappa shape index (κ1) is 11.2. The molecule has 0 aliphatic carbocycles. The molecule has 0 aliphatic rings. The molecule has 0 radical (unpaired) electrons. The topological polar surface area (TPSA) is 35.5 Å². The molecule has 6 heteroatoms. The van der Waals surface area contributed by atoms with Crippen LogP contribution >= 0.6 is 23.2 Å². The van der Waals surface area contributed by atoms with Gasteiger partial charge in [-0.05, 0) is 0 Å². The van der Waals surface area contributed by atoms with Crippen LogP contribution in [0.25, 0.3) is 0 Å². The third-order valence-corrected chi connectivity index (χ3v) is 2.90. The van der Waals surface area contributed by atoms with E-state index in [9.17, 15) is 4.79 Å². The average molecular weight is 217 g/mol. The Balaban J connectivity index is 3.45.